The summed E-state index contributed by atoms with van der Waals surface area (Å²) in [5.74, 6) is 0.0506. The van der Waals surface area contributed by atoms with Gasteiger partial charge in [-0.3, -0.25) is 4.79 Å². The SMILES string of the molecule is CCC(CC)(CO)NC(=O)C1(CN)CCCCCC1. The molecule has 0 saturated heterocycles. The molecule has 19 heavy (non-hydrogen) atoms. The number of nitrogens with one attached hydrogen (secondary N) is 1. The summed E-state index contributed by atoms with van der Waals surface area (Å²) in [6, 6.07) is 0. The first-order valence-corrected chi connectivity index (χ1v) is 7.71. The highest BCUT2D eigenvalue weighted by atomic mass is 16.3. The molecule has 0 heterocycles. The Bertz CT molecular complexity index is 272. The van der Waals surface area contributed by atoms with Crippen LogP contribution in [-0.4, -0.2) is 29.7 Å². The lowest BCUT2D eigenvalue weighted by Gasteiger charge is -2.37. The highest BCUT2D eigenvalue weighted by Gasteiger charge is 2.40. The van der Waals surface area contributed by atoms with E-state index in [1.165, 1.54) is 12.8 Å². The maximum atomic E-state index is 12.7. The topological polar surface area (TPSA) is 75.3 Å². The van der Waals surface area contributed by atoms with Crippen molar-refractivity contribution < 1.29 is 9.90 Å². The van der Waals surface area contributed by atoms with Gasteiger partial charge >= 0.3 is 0 Å². The molecule has 0 radical (unpaired) electrons. The van der Waals surface area contributed by atoms with E-state index < -0.39 is 11.0 Å². The molecule has 0 aliphatic heterocycles. The highest BCUT2D eigenvalue weighted by Crippen LogP contribution is 2.35. The number of aliphatic hydroxyl groups excluding tert-OH is 1. The van der Waals surface area contributed by atoms with Crippen LogP contribution in [0.15, 0.2) is 0 Å². The van der Waals surface area contributed by atoms with Crippen LogP contribution in [0.5, 0.6) is 0 Å². The second kappa shape index (κ2) is 7.25. The molecule has 1 saturated carbocycles. The van der Waals surface area contributed by atoms with E-state index in [1.807, 2.05) is 13.8 Å². The first-order chi connectivity index (χ1) is 9.08. The molecule has 1 amide bonds. The van der Waals surface area contributed by atoms with Crippen LogP contribution in [0.2, 0.25) is 0 Å². The second-order valence-electron chi connectivity index (χ2n) is 6.00. The number of amides is 1. The molecule has 4 heteroatoms. The van der Waals surface area contributed by atoms with Crippen LogP contribution < -0.4 is 11.1 Å². The summed E-state index contributed by atoms with van der Waals surface area (Å²) < 4.78 is 0. The van der Waals surface area contributed by atoms with E-state index in [2.05, 4.69) is 5.32 Å². The Hall–Kier alpha value is -0.610. The first kappa shape index (κ1) is 16.4. The molecule has 0 spiro atoms. The predicted octanol–water partition coefficient (Wildman–Crippen LogP) is 1.95. The van der Waals surface area contributed by atoms with Crippen molar-refractivity contribution in [3.8, 4) is 0 Å². The van der Waals surface area contributed by atoms with E-state index in [-0.39, 0.29) is 12.5 Å². The summed E-state index contributed by atoms with van der Waals surface area (Å²) in [4.78, 5) is 12.7. The lowest BCUT2D eigenvalue weighted by atomic mass is 9.78. The van der Waals surface area contributed by atoms with Gasteiger partial charge in [-0.05, 0) is 25.7 Å². The van der Waals surface area contributed by atoms with Gasteiger partial charge in [-0.1, -0.05) is 39.5 Å². The van der Waals surface area contributed by atoms with Crippen molar-refractivity contribution in [2.45, 2.75) is 70.8 Å². The van der Waals surface area contributed by atoms with Crippen LogP contribution in [0.3, 0.4) is 0 Å². The highest BCUT2D eigenvalue weighted by molar-refractivity contribution is 5.83. The van der Waals surface area contributed by atoms with Crippen molar-refractivity contribution in [3.63, 3.8) is 0 Å². The normalized spacial score (nSPS) is 19.8. The van der Waals surface area contributed by atoms with Gasteiger partial charge in [0.2, 0.25) is 5.91 Å². The van der Waals surface area contributed by atoms with Gasteiger partial charge in [-0.15, -0.1) is 0 Å². The maximum absolute atomic E-state index is 12.7. The van der Waals surface area contributed by atoms with Crippen LogP contribution in [0.4, 0.5) is 0 Å². The van der Waals surface area contributed by atoms with Crippen LogP contribution in [0, 0.1) is 5.41 Å². The van der Waals surface area contributed by atoms with Crippen molar-refractivity contribution in [2.75, 3.05) is 13.2 Å². The minimum absolute atomic E-state index is 0.00755. The fourth-order valence-electron chi connectivity index (χ4n) is 2.99. The molecule has 1 aliphatic carbocycles. The van der Waals surface area contributed by atoms with Gasteiger partial charge in [-0.2, -0.15) is 0 Å². The zero-order valence-corrected chi connectivity index (χ0v) is 12.5. The average Bonchev–Trinajstić information content (AvgIpc) is 2.71. The van der Waals surface area contributed by atoms with Gasteiger partial charge in [0.1, 0.15) is 0 Å². The van der Waals surface area contributed by atoms with Crippen molar-refractivity contribution in [3.05, 3.63) is 0 Å². The molecule has 4 nitrogen and oxygen atoms in total. The number of nitrogens with two attached hydrogens (primary N) is 1. The van der Waals surface area contributed by atoms with Crippen molar-refractivity contribution in [2.24, 2.45) is 11.1 Å². The number of aliphatic hydroxyl groups is 1. The summed E-state index contributed by atoms with van der Waals surface area (Å²) >= 11 is 0. The van der Waals surface area contributed by atoms with Crippen molar-refractivity contribution >= 4 is 5.91 Å². The number of carbonyl (C=O) groups excluding carboxylic acids is 1. The third-order valence-corrected chi connectivity index (χ3v) is 4.97. The van der Waals surface area contributed by atoms with Crippen LogP contribution in [-0.2, 0) is 4.79 Å². The van der Waals surface area contributed by atoms with Gasteiger partial charge in [-0.25, -0.2) is 0 Å². The predicted molar refractivity (Wildman–Crippen MR) is 77.7 cm³/mol. The fraction of sp³-hybridized carbons (Fsp3) is 0.933. The number of hydrogen-bond donors (Lipinski definition) is 3. The third kappa shape index (κ3) is 3.69. The molecular weight excluding hydrogens is 240 g/mol. The number of carbonyl (C=O) groups is 1. The standard InChI is InChI=1S/C15H30N2O2/c1-3-15(4-2,12-18)17-13(19)14(11-16)9-7-5-6-8-10-14/h18H,3-12,16H2,1-2H3,(H,17,19). The molecule has 1 aliphatic rings. The van der Waals surface area contributed by atoms with E-state index in [9.17, 15) is 9.90 Å². The molecular formula is C15H30N2O2. The van der Waals surface area contributed by atoms with Gasteiger partial charge < -0.3 is 16.2 Å². The van der Waals surface area contributed by atoms with Gasteiger partial charge in [0.05, 0.1) is 17.6 Å². The monoisotopic (exact) mass is 270 g/mol. The Morgan fingerprint density at radius 1 is 1.21 bits per heavy atom. The zero-order valence-electron chi connectivity index (χ0n) is 12.5. The summed E-state index contributed by atoms with van der Waals surface area (Å²) in [6.45, 7) is 4.41. The Labute approximate surface area is 117 Å². The Morgan fingerprint density at radius 2 is 1.74 bits per heavy atom. The van der Waals surface area contributed by atoms with Gasteiger partial charge in [0.15, 0.2) is 0 Å². The molecule has 0 aromatic carbocycles. The molecule has 0 unspecified atom stereocenters. The van der Waals surface area contributed by atoms with E-state index in [0.29, 0.717) is 6.54 Å². The lowest BCUT2D eigenvalue weighted by Crippen LogP contribution is -2.57. The number of rotatable bonds is 6. The Balaban J connectivity index is 2.82. The van der Waals surface area contributed by atoms with Crippen molar-refractivity contribution in [1.82, 2.24) is 5.32 Å². The molecule has 0 aromatic rings. The molecule has 0 bridgehead atoms. The van der Waals surface area contributed by atoms with E-state index in [0.717, 1.165) is 38.5 Å². The minimum Gasteiger partial charge on any atom is -0.394 e. The largest absolute Gasteiger partial charge is 0.394 e. The van der Waals surface area contributed by atoms with E-state index in [4.69, 9.17) is 5.73 Å². The van der Waals surface area contributed by atoms with Crippen LogP contribution >= 0.6 is 0 Å². The molecule has 1 rings (SSSR count). The lowest BCUT2D eigenvalue weighted by molar-refractivity contribution is -0.134. The minimum atomic E-state index is -0.481. The molecule has 1 fully saturated rings. The Morgan fingerprint density at radius 3 is 2.11 bits per heavy atom. The quantitative estimate of drug-likeness (QED) is 0.646. The Kier molecular flexibility index (Phi) is 6.27. The van der Waals surface area contributed by atoms with E-state index in [1.54, 1.807) is 0 Å². The smallest absolute Gasteiger partial charge is 0.228 e. The molecule has 0 aromatic heterocycles. The molecule has 112 valence electrons. The summed E-state index contributed by atoms with van der Waals surface area (Å²) in [5.41, 5.74) is 5.03. The second-order valence-corrected chi connectivity index (χ2v) is 6.00. The summed E-state index contributed by atoms with van der Waals surface area (Å²) in [7, 11) is 0. The summed E-state index contributed by atoms with van der Waals surface area (Å²) in [6.07, 6.45) is 7.79. The van der Waals surface area contributed by atoms with Crippen molar-refractivity contribution in [1.29, 1.82) is 0 Å². The third-order valence-electron chi connectivity index (χ3n) is 4.97. The number of hydrogen-bond acceptors (Lipinski definition) is 3. The molecule has 4 N–H and O–H groups in total. The first-order valence-electron chi connectivity index (χ1n) is 7.71. The zero-order chi connectivity index (χ0) is 14.4. The fourth-order valence-corrected chi connectivity index (χ4v) is 2.99. The maximum Gasteiger partial charge on any atom is 0.228 e. The molecule has 0 atom stereocenters. The van der Waals surface area contributed by atoms with Gasteiger partial charge in [0, 0.05) is 6.54 Å². The van der Waals surface area contributed by atoms with Crippen LogP contribution in [0.25, 0.3) is 0 Å². The van der Waals surface area contributed by atoms with Gasteiger partial charge in [0.25, 0.3) is 0 Å². The average molecular weight is 270 g/mol. The summed E-state index contributed by atoms with van der Waals surface area (Å²) in [5, 5.41) is 12.7. The van der Waals surface area contributed by atoms with E-state index >= 15 is 0 Å². The van der Waals surface area contributed by atoms with Crippen LogP contribution in [0.1, 0.15) is 65.2 Å².